The summed E-state index contributed by atoms with van der Waals surface area (Å²) in [6.45, 7) is 3.80. The van der Waals surface area contributed by atoms with E-state index in [1.54, 1.807) is 25.8 Å². The minimum Gasteiger partial charge on any atom is -0.496 e. The first-order valence-corrected chi connectivity index (χ1v) is 5.51. The molecule has 0 saturated heterocycles. The van der Waals surface area contributed by atoms with Gasteiger partial charge in [0.25, 0.3) is 0 Å². The Labute approximate surface area is 89.3 Å². The van der Waals surface area contributed by atoms with Crippen LogP contribution in [-0.4, -0.2) is 23.6 Å². The Morgan fingerprint density at radius 2 is 1.93 bits per heavy atom. The molecule has 0 fully saturated rings. The highest BCUT2D eigenvalue weighted by Crippen LogP contribution is 2.32. The Hall–Kier alpha value is -0.670. The molecule has 0 aliphatic heterocycles. The molecule has 1 rings (SSSR count). The average molecular weight is 212 g/mol. The molecular formula is C11H16O2S. The van der Waals surface area contributed by atoms with Gasteiger partial charge in [-0.05, 0) is 19.1 Å². The van der Waals surface area contributed by atoms with Gasteiger partial charge in [-0.3, -0.25) is 0 Å². The van der Waals surface area contributed by atoms with Gasteiger partial charge in [0.1, 0.15) is 5.75 Å². The van der Waals surface area contributed by atoms with Gasteiger partial charge >= 0.3 is 0 Å². The van der Waals surface area contributed by atoms with Crippen LogP contribution in [0.15, 0.2) is 29.2 Å². The first-order valence-electron chi connectivity index (χ1n) is 4.63. The van der Waals surface area contributed by atoms with Crippen molar-refractivity contribution in [3.05, 3.63) is 24.3 Å². The van der Waals surface area contributed by atoms with Crippen LogP contribution < -0.4 is 4.74 Å². The molecule has 1 N–H and O–H groups in total. The van der Waals surface area contributed by atoms with Crippen molar-refractivity contribution in [3.63, 3.8) is 0 Å². The quantitative estimate of drug-likeness (QED) is 0.778. The normalized spacial score (nSPS) is 14.9. The van der Waals surface area contributed by atoms with Crippen molar-refractivity contribution in [2.75, 3.05) is 7.11 Å². The molecule has 0 aliphatic rings. The summed E-state index contributed by atoms with van der Waals surface area (Å²) in [4.78, 5) is 1.07. The molecule has 0 aromatic heterocycles. The summed E-state index contributed by atoms with van der Waals surface area (Å²) >= 11 is 1.63. The fourth-order valence-corrected chi connectivity index (χ4v) is 2.04. The van der Waals surface area contributed by atoms with Crippen LogP contribution in [0.3, 0.4) is 0 Å². The van der Waals surface area contributed by atoms with Crippen LogP contribution in [-0.2, 0) is 0 Å². The van der Waals surface area contributed by atoms with E-state index < -0.39 is 0 Å². The van der Waals surface area contributed by atoms with E-state index >= 15 is 0 Å². The van der Waals surface area contributed by atoms with Gasteiger partial charge < -0.3 is 9.84 Å². The zero-order valence-electron chi connectivity index (χ0n) is 8.73. The third-order valence-corrected chi connectivity index (χ3v) is 3.42. The number of ether oxygens (including phenoxy) is 1. The summed E-state index contributed by atoms with van der Waals surface area (Å²) in [6, 6.07) is 7.84. The Balaban J connectivity index is 2.75. The second-order valence-electron chi connectivity index (χ2n) is 3.21. The predicted octanol–water partition coefficient (Wildman–Crippen LogP) is 2.56. The molecule has 14 heavy (non-hydrogen) atoms. The van der Waals surface area contributed by atoms with Crippen molar-refractivity contribution in [1.29, 1.82) is 0 Å². The summed E-state index contributed by atoms with van der Waals surface area (Å²) in [5.74, 6) is 0.866. The van der Waals surface area contributed by atoms with Crippen LogP contribution >= 0.6 is 11.8 Å². The molecule has 0 bridgehead atoms. The Morgan fingerprint density at radius 1 is 1.29 bits per heavy atom. The standard InChI is InChI=1S/C11H16O2S/c1-8(12)9(2)14-11-7-5-4-6-10(11)13-3/h4-9,12H,1-3H3. The smallest absolute Gasteiger partial charge is 0.132 e. The number of aliphatic hydroxyl groups is 1. The van der Waals surface area contributed by atoms with Gasteiger partial charge in [-0.25, -0.2) is 0 Å². The van der Waals surface area contributed by atoms with Crippen molar-refractivity contribution < 1.29 is 9.84 Å². The summed E-state index contributed by atoms with van der Waals surface area (Å²) < 4.78 is 5.22. The molecule has 0 aliphatic carbocycles. The predicted molar refractivity (Wildman–Crippen MR) is 60.0 cm³/mol. The molecule has 2 atom stereocenters. The van der Waals surface area contributed by atoms with E-state index in [4.69, 9.17) is 4.74 Å². The topological polar surface area (TPSA) is 29.5 Å². The lowest BCUT2D eigenvalue weighted by Gasteiger charge is -2.15. The molecule has 0 spiro atoms. The van der Waals surface area contributed by atoms with Crippen LogP contribution in [0.4, 0.5) is 0 Å². The van der Waals surface area contributed by atoms with E-state index in [2.05, 4.69) is 0 Å². The second kappa shape index (κ2) is 5.27. The first kappa shape index (κ1) is 11.4. The molecule has 0 radical (unpaired) electrons. The zero-order chi connectivity index (χ0) is 10.6. The fraction of sp³-hybridized carbons (Fsp3) is 0.455. The highest BCUT2D eigenvalue weighted by atomic mass is 32.2. The maximum absolute atomic E-state index is 9.38. The summed E-state index contributed by atoms with van der Waals surface area (Å²) in [5.41, 5.74) is 0. The fourth-order valence-electron chi connectivity index (χ4n) is 1.01. The van der Waals surface area contributed by atoms with Gasteiger partial charge in [0.15, 0.2) is 0 Å². The Bertz CT molecular complexity index is 286. The lowest BCUT2D eigenvalue weighted by atomic mass is 10.3. The molecule has 1 aromatic carbocycles. The molecule has 1 aromatic rings. The third kappa shape index (κ3) is 2.93. The van der Waals surface area contributed by atoms with Crippen molar-refractivity contribution in [2.24, 2.45) is 0 Å². The lowest BCUT2D eigenvalue weighted by Crippen LogP contribution is -2.14. The van der Waals surface area contributed by atoms with Gasteiger partial charge in [-0.1, -0.05) is 19.1 Å². The van der Waals surface area contributed by atoms with Crippen LogP contribution in [0.5, 0.6) is 5.75 Å². The third-order valence-electron chi connectivity index (χ3n) is 2.06. The summed E-state index contributed by atoms with van der Waals surface area (Å²) in [5, 5.41) is 9.56. The van der Waals surface area contributed by atoms with Crippen LogP contribution in [0.25, 0.3) is 0 Å². The molecule has 0 heterocycles. The van der Waals surface area contributed by atoms with E-state index in [0.717, 1.165) is 10.6 Å². The van der Waals surface area contributed by atoms with Crippen molar-refractivity contribution in [3.8, 4) is 5.75 Å². The summed E-state index contributed by atoms with van der Waals surface area (Å²) in [7, 11) is 1.66. The van der Waals surface area contributed by atoms with E-state index in [9.17, 15) is 5.11 Å². The number of rotatable bonds is 4. The molecule has 2 nitrogen and oxygen atoms in total. The van der Waals surface area contributed by atoms with E-state index in [-0.39, 0.29) is 11.4 Å². The maximum Gasteiger partial charge on any atom is 0.132 e. The SMILES string of the molecule is COc1ccccc1SC(C)C(C)O. The number of hydrogen-bond donors (Lipinski definition) is 1. The van der Waals surface area contributed by atoms with Gasteiger partial charge in [0, 0.05) is 10.1 Å². The highest BCUT2D eigenvalue weighted by Gasteiger charge is 2.12. The molecule has 2 unspecified atom stereocenters. The van der Waals surface area contributed by atoms with Crippen molar-refractivity contribution >= 4 is 11.8 Å². The lowest BCUT2D eigenvalue weighted by molar-refractivity contribution is 0.196. The molecule has 0 amide bonds. The number of benzene rings is 1. The number of aliphatic hydroxyl groups excluding tert-OH is 1. The van der Waals surface area contributed by atoms with E-state index in [1.165, 1.54) is 0 Å². The van der Waals surface area contributed by atoms with Crippen LogP contribution in [0.1, 0.15) is 13.8 Å². The largest absolute Gasteiger partial charge is 0.496 e. The minimum absolute atomic E-state index is 0.172. The van der Waals surface area contributed by atoms with Gasteiger partial charge in [0.2, 0.25) is 0 Å². The number of methoxy groups -OCH3 is 1. The maximum atomic E-state index is 9.38. The number of thioether (sulfide) groups is 1. The molecular weight excluding hydrogens is 196 g/mol. The van der Waals surface area contributed by atoms with E-state index in [1.807, 2.05) is 31.2 Å². The Morgan fingerprint density at radius 3 is 2.50 bits per heavy atom. The zero-order valence-corrected chi connectivity index (χ0v) is 9.54. The molecule has 0 saturated carbocycles. The van der Waals surface area contributed by atoms with Gasteiger partial charge in [-0.2, -0.15) is 0 Å². The molecule has 3 heteroatoms. The number of hydrogen-bond acceptors (Lipinski definition) is 3. The van der Waals surface area contributed by atoms with Crippen molar-refractivity contribution in [2.45, 2.75) is 30.1 Å². The van der Waals surface area contributed by atoms with Gasteiger partial charge in [0.05, 0.1) is 13.2 Å². The number of para-hydroxylation sites is 1. The van der Waals surface area contributed by atoms with E-state index in [0.29, 0.717) is 0 Å². The minimum atomic E-state index is -0.315. The Kier molecular flexibility index (Phi) is 4.29. The molecule has 78 valence electrons. The van der Waals surface area contributed by atoms with Crippen molar-refractivity contribution in [1.82, 2.24) is 0 Å². The average Bonchev–Trinajstić information content (AvgIpc) is 2.18. The first-order chi connectivity index (χ1) is 6.65. The monoisotopic (exact) mass is 212 g/mol. The van der Waals surface area contributed by atoms with Gasteiger partial charge in [-0.15, -0.1) is 11.8 Å². The van der Waals surface area contributed by atoms with Crippen LogP contribution in [0.2, 0.25) is 0 Å². The van der Waals surface area contributed by atoms with Crippen LogP contribution in [0, 0.1) is 0 Å². The highest BCUT2D eigenvalue weighted by molar-refractivity contribution is 8.00. The second-order valence-corrected chi connectivity index (χ2v) is 4.63. The summed E-state index contributed by atoms with van der Waals surface area (Å²) in [6.07, 6.45) is -0.315.